The Morgan fingerprint density at radius 3 is 3.10 bits per heavy atom. The van der Waals surface area contributed by atoms with Gasteiger partial charge in [-0.1, -0.05) is 0 Å². The molecular formula is C7H14N2O. The molecule has 3 heteroatoms. The molecular weight excluding hydrogens is 128 g/mol. The van der Waals surface area contributed by atoms with Gasteiger partial charge in [-0.05, 0) is 19.3 Å². The molecule has 0 bridgehead atoms. The fourth-order valence-corrected chi connectivity index (χ4v) is 0.982. The summed E-state index contributed by atoms with van der Waals surface area (Å²) in [6, 6.07) is 0.694. The van der Waals surface area contributed by atoms with Crippen molar-refractivity contribution >= 4 is 6.02 Å². The van der Waals surface area contributed by atoms with E-state index in [0.29, 0.717) is 6.02 Å². The molecule has 0 spiro atoms. The molecule has 1 heterocycles. The van der Waals surface area contributed by atoms with Crippen LogP contribution in [0.25, 0.3) is 0 Å². The average molecular weight is 142 g/mol. The van der Waals surface area contributed by atoms with Gasteiger partial charge in [0.25, 0.3) is 6.02 Å². The van der Waals surface area contributed by atoms with Crippen LogP contribution in [0.1, 0.15) is 19.3 Å². The fraction of sp³-hybridized carbons (Fsp3) is 0.857. The maximum atomic E-state index is 4.97. The van der Waals surface area contributed by atoms with E-state index in [1.54, 1.807) is 7.11 Å². The van der Waals surface area contributed by atoms with Crippen LogP contribution in [0.15, 0.2) is 4.99 Å². The Kier molecular flexibility index (Phi) is 3.06. The van der Waals surface area contributed by atoms with Crippen molar-refractivity contribution in [3.8, 4) is 0 Å². The summed E-state index contributed by atoms with van der Waals surface area (Å²) in [7, 11) is 1.65. The van der Waals surface area contributed by atoms with Crippen LogP contribution in [0.4, 0.5) is 0 Å². The quantitative estimate of drug-likeness (QED) is 0.542. The van der Waals surface area contributed by atoms with Crippen molar-refractivity contribution in [2.45, 2.75) is 19.3 Å². The van der Waals surface area contributed by atoms with Gasteiger partial charge in [0.1, 0.15) is 0 Å². The van der Waals surface area contributed by atoms with Gasteiger partial charge >= 0.3 is 0 Å². The van der Waals surface area contributed by atoms with Crippen LogP contribution < -0.4 is 5.32 Å². The van der Waals surface area contributed by atoms with Crippen molar-refractivity contribution in [1.29, 1.82) is 0 Å². The molecule has 0 saturated heterocycles. The summed E-state index contributed by atoms with van der Waals surface area (Å²) in [4.78, 5) is 4.19. The van der Waals surface area contributed by atoms with Crippen LogP contribution >= 0.6 is 0 Å². The molecule has 0 amide bonds. The molecule has 0 radical (unpaired) electrons. The summed E-state index contributed by atoms with van der Waals surface area (Å²) >= 11 is 0. The summed E-state index contributed by atoms with van der Waals surface area (Å²) in [6.45, 7) is 1.89. The van der Waals surface area contributed by atoms with E-state index in [4.69, 9.17) is 4.74 Å². The topological polar surface area (TPSA) is 33.6 Å². The number of amidine groups is 1. The monoisotopic (exact) mass is 142 g/mol. The van der Waals surface area contributed by atoms with Crippen molar-refractivity contribution < 1.29 is 4.74 Å². The Labute approximate surface area is 61.5 Å². The first-order valence-corrected chi connectivity index (χ1v) is 3.76. The van der Waals surface area contributed by atoms with Gasteiger partial charge in [-0.15, -0.1) is 0 Å². The fourth-order valence-electron chi connectivity index (χ4n) is 0.982. The lowest BCUT2D eigenvalue weighted by atomic mass is 10.2. The highest BCUT2D eigenvalue weighted by Crippen LogP contribution is 1.97. The number of nitrogens with one attached hydrogen (secondary N) is 1. The van der Waals surface area contributed by atoms with Crippen LogP contribution in [0.2, 0.25) is 0 Å². The summed E-state index contributed by atoms with van der Waals surface area (Å²) in [5, 5.41) is 3.10. The first-order valence-electron chi connectivity index (χ1n) is 3.76. The largest absolute Gasteiger partial charge is 0.469 e. The maximum Gasteiger partial charge on any atom is 0.284 e. The Morgan fingerprint density at radius 2 is 2.30 bits per heavy atom. The number of hydrogen-bond acceptors (Lipinski definition) is 3. The first-order chi connectivity index (χ1) is 4.93. The summed E-state index contributed by atoms with van der Waals surface area (Å²) < 4.78 is 4.97. The minimum atomic E-state index is 0.694. The van der Waals surface area contributed by atoms with Crippen LogP contribution in [0.3, 0.4) is 0 Å². The maximum absolute atomic E-state index is 4.97. The molecule has 3 nitrogen and oxygen atoms in total. The Hall–Kier alpha value is -0.730. The van der Waals surface area contributed by atoms with Gasteiger partial charge in [0, 0.05) is 13.1 Å². The number of aliphatic imine (C=N–C) groups is 1. The molecule has 0 unspecified atom stereocenters. The number of rotatable bonds is 0. The third-order valence-corrected chi connectivity index (χ3v) is 1.56. The highest BCUT2D eigenvalue weighted by molar-refractivity contribution is 5.73. The minimum Gasteiger partial charge on any atom is -0.469 e. The molecule has 0 atom stereocenters. The normalized spacial score (nSPS) is 19.9. The van der Waals surface area contributed by atoms with Gasteiger partial charge in [0.2, 0.25) is 0 Å². The number of ether oxygens (including phenoxy) is 1. The van der Waals surface area contributed by atoms with E-state index in [2.05, 4.69) is 10.3 Å². The van der Waals surface area contributed by atoms with E-state index >= 15 is 0 Å². The zero-order valence-electron chi connectivity index (χ0n) is 6.39. The van der Waals surface area contributed by atoms with E-state index in [9.17, 15) is 0 Å². The van der Waals surface area contributed by atoms with Gasteiger partial charge in [-0.3, -0.25) is 0 Å². The van der Waals surface area contributed by atoms with Crippen molar-refractivity contribution in [2.75, 3.05) is 20.2 Å². The Morgan fingerprint density at radius 1 is 1.40 bits per heavy atom. The third kappa shape index (κ3) is 2.25. The van der Waals surface area contributed by atoms with Crippen molar-refractivity contribution in [1.82, 2.24) is 5.32 Å². The summed E-state index contributed by atoms with van der Waals surface area (Å²) in [6.07, 6.45) is 3.68. The second kappa shape index (κ2) is 4.14. The van der Waals surface area contributed by atoms with Crippen LogP contribution in [-0.4, -0.2) is 26.2 Å². The molecule has 1 rings (SSSR count). The van der Waals surface area contributed by atoms with E-state index in [1.807, 2.05) is 0 Å². The Balaban J connectivity index is 2.35. The molecule has 1 N–H and O–H groups in total. The van der Waals surface area contributed by atoms with Crippen molar-refractivity contribution in [3.05, 3.63) is 0 Å². The van der Waals surface area contributed by atoms with E-state index in [0.717, 1.165) is 13.1 Å². The molecule has 10 heavy (non-hydrogen) atoms. The molecule has 0 saturated carbocycles. The summed E-state index contributed by atoms with van der Waals surface area (Å²) in [5.74, 6) is 0. The van der Waals surface area contributed by atoms with Gasteiger partial charge in [-0.25, -0.2) is 4.99 Å². The summed E-state index contributed by atoms with van der Waals surface area (Å²) in [5.41, 5.74) is 0. The second-order valence-corrected chi connectivity index (χ2v) is 2.38. The van der Waals surface area contributed by atoms with Crippen LogP contribution in [0, 0.1) is 0 Å². The zero-order chi connectivity index (χ0) is 7.23. The SMILES string of the molecule is COC1=NCCCCCN1. The third-order valence-electron chi connectivity index (χ3n) is 1.56. The lowest BCUT2D eigenvalue weighted by Gasteiger charge is -2.10. The average Bonchev–Trinajstić information content (AvgIpc) is 1.87. The Bertz CT molecular complexity index is 123. The van der Waals surface area contributed by atoms with Crippen molar-refractivity contribution in [3.63, 3.8) is 0 Å². The minimum absolute atomic E-state index is 0.694. The van der Waals surface area contributed by atoms with Crippen molar-refractivity contribution in [2.24, 2.45) is 4.99 Å². The lowest BCUT2D eigenvalue weighted by Crippen LogP contribution is -2.27. The van der Waals surface area contributed by atoms with Gasteiger partial charge in [0.05, 0.1) is 7.11 Å². The molecule has 0 aromatic heterocycles. The molecule has 1 aliphatic heterocycles. The second-order valence-electron chi connectivity index (χ2n) is 2.38. The smallest absolute Gasteiger partial charge is 0.284 e. The van der Waals surface area contributed by atoms with E-state index in [1.165, 1.54) is 19.3 Å². The molecule has 0 aliphatic carbocycles. The lowest BCUT2D eigenvalue weighted by molar-refractivity contribution is 0.373. The van der Waals surface area contributed by atoms with Crippen LogP contribution in [0.5, 0.6) is 0 Å². The van der Waals surface area contributed by atoms with Gasteiger partial charge < -0.3 is 10.1 Å². The highest BCUT2D eigenvalue weighted by Gasteiger charge is 1.99. The number of hydrogen-bond donors (Lipinski definition) is 1. The molecule has 0 aromatic rings. The van der Waals surface area contributed by atoms with Crippen LogP contribution in [-0.2, 0) is 4.74 Å². The van der Waals surface area contributed by atoms with Gasteiger partial charge in [-0.2, -0.15) is 0 Å². The number of nitrogens with zero attached hydrogens (tertiary/aromatic N) is 1. The van der Waals surface area contributed by atoms with E-state index < -0.39 is 0 Å². The first kappa shape index (κ1) is 7.38. The predicted molar refractivity (Wildman–Crippen MR) is 41.2 cm³/mol. The predicted octanol–water partition coefficient (Wildman–Crippen LogP) is 0.762. The highest BCUT2D eigenvalue weighted by atomic mass is 16.5. The molecule has 0 aromatic carbocycles. The zero-order valence-corrected chi connectivity index (χ0v) is 6.39. The number of methoxy groups -OCH3 is 1. The molecule has 1 aliphatic rings. The van der Waals surface area contributed by atoms with E-state index in [-0.39, 0.29) is 0 Å². The molecule has 0 fully saturated rings. The standard InChI is InChI=1S/C7H14N2O/c1-10-7-8-5-3-2-4-6-9-7/h2-6H2,1H3,(H,8,9). The van der Waals surface area contributed by atoms with Gasteiger partial charge in [0.15, 0.2) is 0 Å². The molecule has 58 valence electrons.